The molecule has 1 aromatic carbocycles. The fraction of sp³-hybridized carbons (Fsp3) is 0.261. The van der Waals surface area contributed by atoms with Crippen LogP contribution in [-0.2, 0) is 20.8 Å². The lowest BCUT2D eigenvalue weighted by atomic mass is 9.59. The number of primary amides is 1. The number of nitrogens with zero attached hydrogens (tertiary/aromatic N) is 2. The third kappa shape index (κ3) is 2.74. The van der Waals surface area contributed by atoms with Crippen LogP contribution in [0.5, 0.6) is 5.75 Å². The summed E-state index contributed by atoms with van der Waals surface area (Å²) in [5.41, 5.74) is 3.28. The van der Waals surface area contributed by atoms with Crippen molar-refractivity contribution in [3.8, 4) is 17.0 Å². The third-order valence-electron chi connectivity index (χ3n) is 6.79. The molecule has 0 spiro atoms. The number of amides is 1. The largest absolute Gasteiger partial charge is 0.508 e. The molecule has 10 heteroatoms. The van der Waals surface area contributed by atoms with E-state index in [9.17, 15) is 34.8 Å². The molecule has 10 nitrogen and oxygen atoms in total. The molecule has 1 amide bonds. The Hall–Kier alpha value is -4.05. The van der Waals surface area contributed by atoms with E-state index in [2.05, 4.69) is 9.97 Å². The number of aliphatic hydroxyl groups is 3. The number of phenolic OH excluding ortho intramolecular Hbond substituents is 1. The lowest BCUT2D eigenvalue weighted by Crippen LogP contribution is -2.58. The van der Waals surface area contributed by atoms with Gasteiger partial charge in [0.25, 0.3) is 5.91 Å². The molecule has 0 radical (unpaired) electrons. The molecule has 3 atom stereocenters. The summed E-state index contributed by atoms with van der Waals surface area (Å²) in [5, 5.41) is 43.4. The second-order valence-corrected chi connectivity index (χ2v) is 8.48. The summed E-state index contributed by atoms with van der Waals surface area (Å²) in [5.74, 6) is -6.57. The Morgan fingerprint density at radius 1 is 1.12 bits per heavy atom. The molecule has 2 aromatic rings. The smallest absolute Gasteiger partial charge is 0.255 e. The zero-order valence-electron chi connectivity index (χ0n) is 17.1. The summed E-state index contributed by atoms with van der Waals surface area (Å²) in [6.45, 7) is 0. The van der Waals surface area contributed by atoms with Gasteiger partial charge in [0.15, 0.2) is 11.4 Å². The minimum Gasteiger partial charge on any atom is -0.508 e. The molecule has 0 saturated heterocycles. The number of hydrogen-bond donors (Lipinski definition) is 5. The molecule has 0 unspecified atom stereocenters. The van der Waals surface area contributed by atoms with Gasteiger partial charge < -0.3 is 26.2 Å². The zero-order valence-corrected chi connectivity index (χ0v) is 17.1. The lowest BCUT2D eigenvalue weighted by molar-refractivity contribution is -0.147. The topological polar surface area (TPSA) is 184 Å². The van der Waals surface area contributed by atoms with Gasteiger partial charge in [-0.15, -0.1) is 0 Å². The molecule has 168 valence electrons. The molecule has 6 N–H and O–H groups in total. The Morgan fingerprint density at radius 3 is 2.55 bits per heavy atom. The summed E-state index contributed by atoms with van der Waals surface area (Å²) in [6, 6.07) is 2.99. The minimum absolute atomic E-state index is 0.0188. The van der Waals surface area contributed by atoms with Gasteiger partial charge in [-0.25, -0.2) is 0 Å². The number of rotatable bonds is 2. The summed E-state index contributed by atoms with van der Waals surface area (Å²) in [6.07, 6.45) is 4.45. The van der Waals surface area contributed by atoms with Gasteiger partial charge in [-0.2, -0.15) is 0 Å². The lowest BCUT2D eigenvalue weighted by Gasteiger charge is -2.46. The molecule has 3 aliphatic rings. The number of fused-ring (bicyclic) bond motifs is 3. The van der Waals surface area contributed by atoms with Crippen molar-refractivity contribution in [2.24, 2.45) is 17.6 Å². The number of ketones is 2. The van der Waals surface area contributed by atoms with E-state index in [1.54, 1.807) is 6.07 Å². The molecule has 5 rings (SSSR count). The number of phenols is 1. The maximum Gasteiger partial charge on any atom is 0.255 e. The van der Waals surface area contributed by atoms with Gasteiger partial charge in [-0.1, -0.05) is 0 Å². The first kappa shape index (κ1) is 20.8. The Kier molecular flexibility index (Phi) is 4.40. The minimum atomic E-state index is -2.58. The number of aromatic nitrogens is 2. The maximum atomic E-state index is 13.5. The van der Waals surface area contributed by atoms with E-state index in [4.69, 9.17) is 5.73 Å². The molecular weight excluding hydrogens is 430 g/mol. The van der Waals surface area contributed by atoms with E-state index in [1.807, 2.05) is 0 Å². The van der Waals surface area contributed by atoms with Crippen molar-refractivity contribution in [1.29, 1.82) is 0 Å². The van der Waals surface area contributed by atoms with Crippen LogP contribution >= 0.6 is 0 Å². The van der Waals surface area contributed by atoms with Crippen LogP contribution in [0.4, 0.5) is 0 Å². The number of aliphatic hydroxyl groups excluding tert-OH is 2. The van der Waals surface area contributed by atoms with Crippen molar-refractivity contribution in [1.82, 2.24) is 9.97 Å². The van der Waals surface area contributed by atoms with E-state index in [1.165, 1.54) is 24.7 Å². The average molecular weight is 449 g/mol. The maximum absolute atomic E-state index is 13.5. The molecular formula is C23H19N3O7. The highest BCUT2D eigenvalue weighted by Gasteiger charge is 2.60. The van der Waals surface area contributed by atoms with Crippen LogP contribution in [0.2, 0.25) is 0 Å². The van der Waals surface area contributed by atoms with Gasteiger partial charge in [0.05, 0.1) is 17.5 Å². The van der Waals surface area contributed by atoms with E-state index >= 15 is 0 Å². The second-order valence-electron chi connectivity index (χ2n) is 8.48. The highest BCUT2D eigenvalue weighted by Crippen LogP contribution is 2.52. The predicted molar refractivity (Wildman–Crippen MR) is 112 cm³/mol. The standard InChI is InChI=1S/C23H19N3O7/c24-22(32)18-15(28)7-10-5-9-6-12-11(13-8-25-3-4-26-13)1-2-14(27)17(12)19(29)16(9)20(30)23(10,33)21(18)31/h1-4,8-10,27,29,31,33H,5-7H2,(H2,24,32)/t9-,10+,23+/m1/s1. The summed E-state index contributed by atoms with van der Waals surface area (Å²) in [7, 11) is 0. The van der Waals surface area contributed by atoms with Crippen molar-refractivity contribution in [3.63, 3.8) is 0 Å². The molecule has 1 saturated carbocycles. The van der Waals surface area contributed by atoms with Crippen molar-refractivity contribution in [2.75, 3.05) is 0 Å². The highest BCUT2D eigenvalue weighted by atomic mass is 16.3. The van der Waals surface area contributed by atoms with Crippen LogP contribution in [0.3, 0.4) is 0 Å². The van der Waals surface area contributed by atoms with Crippen LogP contribution in [0.25, 0.3) is 17.0 Å². The highest BCUT2D eigenvalue weighted by molar-refractivity contribution is 6.22. The van der Waals surface area contributed by atoms with E-state index in [0.717, 1.165) is 0 Å². The zero-order chi connectivity index (χ0) is 23.7. The summed E-state index contributed by atoms with van der Waals surface area (Å²) in [4.78, 5) is 45.9. The van der Waals surface area contributed by atoms with E-state index in [0.29, 0.717) is 16.8 Å². The number of carbonyl (C=O) groups excluding carboxylic acids is 3. The quantitative estimate of drug-likeness (QED) is 0.415. The SMILES string of the molecule is NC(=O)C1=C(O)[C@@]2(O)C(=O)C3=C(O)c4c(O)ccc(-c5cnccn5)c4C[C@H]3C[C@H]2CC1=O. The molecule has 1 aromatic heterocycles. The first-order chi connectivity index (χ1) is 15.7. The number of aromatic hydroxyl groups is 1. The Labute approximate surface area is 186 Å². The van der Waals surface area contributed by atoms with Crippen molar-refractivity contribution < 1.29 is 34.8 Å². The van der Waals surface area contributed by atoms with Crippen LogP contribution in [-0.4, -0.2) is 53.5 Å². The van der Waals surface area contributed by atoms with Crippen LogP contribution in [0.15, 0.2) is 47.6 Å². The van der Waals surface area contributed by atoms with Crippen LogP contribution in [0.1, 0.15) is 24.0 Å². The van der Waals surface area contributed by atoms with Crippen molar-refractivity contribution in [3.05, 3.63) is 58.8 Å². The molecule has 1 fully saturated rings. The number of Topliss-reactive ketones (excluding diaryl/α,β-unsaturated/α-hetero) is 2. The molecule has 0 aliphatic heterocycles. The fourth-order valence-electron chi connectivity index (χ4n) is 5.30. The van der Waals surface area contributed by atoms with Gasteiger partial charge >= 0.3 is 0 Å². The predicted octanol–water partition coefficient (Wildman–Crippen LogP) is 0.881. The summed E-state index contributed by atoms with van der Waals surface area (Å²) < 4.78 is 0. The molecule has 1 heterocycles. The number of carbonyl (C=O) groups is 3. The van der Waals surface area contributed by atoms with Gasteiger partial charge in [0, 0.05) is 35.9 Å². The second kappa shape index (κ2) is 6.97. The van der Waals surface area contributed by atoms with E-state index in [-0.39, 0.29) is 36.1 Å². The monoisotopic (exact) mass is 449 g/mol. The van der Waals surface area contributed by atoms with Crippen LogP contribution < -0.4 is 5.73 Å². The van der Waals surface area contributed by atoms with Gasteiger partial charge in [-0.3, -0.25) is 24.4 Å². The molecule has 0 bridgehead atoms. The Bertz CT molecular complexity index is 1310. The van der Waals surface area contributed by atoms with Gasteiger partial charge in [0.1, 0.15) is 22.8 Å². The first-order valence-corrected chi connectivity index (χ1v) is 10.2. The third-order valence-corrected chi connectivity index (χ3v) is 6.79. The Morgan fingerprint density at radius 2 is 1.88 bits per heavy atom. The van der Waals surface area contributed by atoms with Crippen molar-refractivity contribution >= 4 is 23.2 Å². The number of hydrogen-bond acceptors (Lipinski definition) is 9. The van der Waals surface area contributed by atoms with Gasteiger partial charge in [-0.05, 0) is 36.5 Å². The number of benzene rings is 1. The summed E-state index contributed by atoms with van der Waals surface area (Å²) >= 11 is 0. The molecule has 33 heavy (non-hydrogen) atoms. The number of nitrogens with two attached hydrogens (primary N) is 1. The molecule has 3 aliphatic carbocycles. The van der Waals surface area contributed by atoms with Crippen LogP contribution in [0, 0.1) is 11.8 Å². The normalized spacial score (nSPS) is 26.6. The average Bonchev–Trinajstić information content (AvgIpc) is 2.76. The Balaban J connectivity index is 1.72. The van der Waals surface area contributed by atoms with Crippen molar-refractivity contribution in [2.45, 2.75) is 24.9 Å². The first-order valence-electron chi connectivity index (χ1n) is 10.2. The fourth-order valence-corrected chi connectivity index (χ4v) is 5.30. The van der Waals surface area contributed by atoms with Gasteiger partial charge in [0.2, 0.25) is 5.78 Å². The van der Waals surface area contributed by atoms with E-state index < -0.39 is 52.0 Å².